The lowest BCUT2D eigenvalue weighted by Crippen LogP contribution is -2.39. The van der Waals surface area contributed by atoms with E-state index in [1.807, 2.05) is 48.5 Å². The molecule has 2 aromatic carbocycles. The topological polar surface area (TPSA) is 88.4 Å². The Kier molecular flexibility index (Phi) is 9.24. The minimum Gasteiger partial charge on any atom is -0.497 e. The van der Waals surface area contributed by atoms with E-state index in [0.717, 1.165) is 30.4 Å². The van der Waals surface area contributed by atoms with Crippen molar-refractivity contribution in [3.63, 3.8) is 0 Å². The van der Waals surface area contributed by atoms with Crippen LogP contribution in [0.4, 0.5) is 0 Å². The minimum atomic E-state index is -0.679. The molecule has 1 aliphatic heterocycles. The smallest absolute Gasteiger partial charge is 0.338 e. The number of unbranched alkanes of at least 4 members (excludes halogenated alkanes) is 2. The van der Waals surface area contributed by atoms with Gasteiger partial charge in [-0.15, -0.1) is 0 Å². The molecule has 0 N–H and O–H groups in total. The van der Waals surface area contributed by atoms with Crippen LogP contribution in [0.15, 0.2) is 63.5 Å². The molecule has 0 unspecified atom stereocenters. The summed E-state index contributed by atoms with van der Waals surface area (Å²) in [6.45, 7) is 6.51. The zero-order chi connectivity index (χ0) is 27.9. The fraction of sp³-hybridized carbons (Fsp3) is 0.367. The van der Waals surface area contributed by atoms with E-state index in [0.29, 0.717) is 44.5 Å². The lowest BCUT2D eigenvalue weighted by atomic mass is 9.96. The molecule has 0 amide bonds. The highest BCUT2D eigenvalue weighted by Crippen LogP contribution is 2.32. The largest absolute Gasteiger partial charge is 0.497 e. The molecule has 0 fully saturated rings. The van der Waals surface area contributed by atoms with Crippen LogP contribution in [0.5, 0.6) is 17.2 Å². The molecule has 2 heterocycles. The fourth-order valence-corrected chi connectivity index (χ4v) is 5.52. The quantitative estimate of drug-likeness (QED) is 0.260. The van der Waals surface area contributed by atoms with Gasteiger partial charge in [-0.25, -0.2) is 9.79 Å². The first-order valence-corrected chi connectivity index (χ1v) is 13.9. The number of allylic oxidation sites excluding steroid dienone is 1. The van der Waals surface area contributed by atoms with Crippen molar-refractivity contribution in [2.45, 2.75) is 46.1 Å². The molecule has 0 saturated carbocycles. The van der Waals surface area contributed by atoms with Crippen LogP contribution < -0.4 is 29.1 Å². The van der Waals surface area contributed by atoms with E-state index in [2.05, 4.69) is 11.9 Å². The molecule has 1 aromatic heterocycles. The van der Waals surface area contributed by atoms with Crippen molar-refractivity contribution in [1.82, 2.24) is 4.57 Å². The molecule has 206 valence electrons. The summed E-state index contributed by atoms with van der Waals surface area (Å²) < 4.78 is 24.2. The van der Waals surface area contributed by atoms with Crippen LogP contribution in [0.2, 0.25) is 0 Å². The number of hydrogen-bond acceptors (Lipinski definition) is 8. The monoisotopic (exact) mass is 550 g/mol. The van der Waals surface area contributed by atoms with Gasteiger partial charge in [0.15, 0.2) is 16.3 Å². The van der Waals surface area contributed by atoms with E-state index in [-0.39, 0.29) is 12.2 Å². The van der Waals surface area contributed by atoms with Crippen molar-refractivity contribution in [2.75, 3.05) is 27.4 Å². The molecule has 39 heavy (non-hydrogen) atoms. The molecular weight excluding hydrogens is 516 g/mol. The number of carbonyl (C=O) groups excluding carboxylic acids is 1. The number of fused-ring (bicyclic) bond motifs is 1. The predicted molar refractivity (Wildman–Crippen MR) is 151 cm³/mol. The first-order chi connectivity index (χ1) is 18.9. The number of carbonyl (C=O) groups is 1. The van der Waals surface area contributed by atoms with E-state index >= 15 is 0 Å². The number of ether oxygens (including phenoxy) is 4. The van der Waals surface area contributed by atoms with Gasteiger partial charge in [-0.2, -0.15) is 0 Å². The Morgan fingerprint density at radius 3 is 2.49 bits per heavy atom. The van der Waals surface area contributed by atoms with E-state index < -0.39 is 12.0 Å². The summed E-state index contributed by atoms with van der Waals surface area (Å²) in [5, 5.41) is 0. The van der Waals surface area contributed by atoms with E-state index in [1.165, 1.54) is 11.3 Å². The normalized spacial score (nSPS) is 15.0. The fourth-order valence-electron chi connectivity index (χ4n) is 4.47. The highest BCUT2D eigenvalue weighted by Gasteiger charge is 2.33. The maximum atomic E-state index is 13.8. The van der Waals surface area contributed by atoms with Crippen LogP contribution in [-0.2, 0) is 9.53 Å². The summed E-state index contributed by atoms with van der Waals surface area (Å²) in [5.41, 5.74) is 2.17. The lowest BCUT2D eigenvalue weighted by molar-refractivity contribution is -0.139. The zero-order valence-corrected chi connectivity index (χ0v) is 23.8. The van der Waals surface area contributed by atoms with Gasteiger partial charge in [-0.3, -0.25) is 9.36 Å². The van der Waals surface area contributed by atoms with Crippen LogP contribution in [0, 0.1) is 0 Å². The van der Waals surface area contributed by atoms with Gasteiger partial charge in [0.05, 0.1) is 49.3 Å². The molecule has 1 aliphatic rings. The summed E-state index contributed by atoms with van der Waals surface area (Å²) in [6.07, 6.45) is 5.01. The average Bonchev–Trinajstić information content (AvgIpc) is 3.24. The lowest BCUT2D eigenvalue weighted by Gasteiger charge is -2.24. The molecule has 0 spiro atoms. The molecule has 0 radical (unpaired) electrons. The first-order valence-electron chi connectivity index (χ1n) is 13.1. The Morgan fingerprint density at radius 2 is 1.82 bits per heavy atom. The van der Waals surface area contributed by atoms with Crippen LogP contribution >= 0.6 is 11.3 Å². The molecule has 8 nitrogen and oxygen atoms in total. The summed E-state index contributed by atoms with van der Waals surface area (Å²) in [7, 11) is 3.19. The van der Waals surface area contributed by atoms with Gasteiger partial charge in [-0.1, -0.05) is 49.3 Å². The Labute approximate surface area is 231 Å². The van der Waals surface area contributed by atoms with Crippen LogP contribution in [-0.4, -0.2) is 38.0 Å². The number of benzene rings is 2. The molecule has 0 aliphatic carbocycles. The minimum absolute atomic E-state index is 0.218. The van der Waals surface area contributed by atoms with Crippen molar-refractivity contribution in [3.8, 4) is 17.2 Å². The van der Waals surface area contributed by atoms with Crippen molar-refractivity contribution in [2.24, 2.45) is 4.99 Å². The van der Waals surface area contributed by atoms with Crippen LogP contribution in [0.1, 0.15) is 57.2 Å². The van der Waals surface area contributed by atoms with E-state index in [9.17, 15) is 9.59 Å². The maximum Gasteiger partial charge on any atom is 0.338 e. The van der Waals surface area contributed by atoms with Gasteiger partial charge < -0.3 is 18.9 Å². The number of aromatic nitrogens is 1. The zero-order valence-electron chi connectivity index (χ0n) is 23.0. The first kappa shape index (κ1) is 28.2. The number of hydrogen-bond donors (Lipinski definition) is 0. The van der Waals surface area contributed by atoms with Crippen molar-refractivity contribution in [3.05, 3.63) is 84.5 Å². The van der Waals surface area contributed by atoms with Gasteiger partial charge >= 0.3 is 5.97 Å². The van der Waals surface area contributed by atoms with Crippen LogP contribution in [0.3, 0.4) is 0 Å². The van der Waals surface area contributed by atoms with E-state index in [4.69, 9.17) is 18.9 Å². The van der Waals surface area contributed by atoms with Gasteiger partial charge in [0.25, 0.3) is 5.56 Å². The molecule has 4 rings (SSSR count). The standard InChI is InChI=1S/C30H34N2O6S/c1-6-8-9-16-38-23-15-10-20(17-24(23)36-5)18-25-28(33)32-27(21-11-13-22(35-4)14-12-21)26(29(34)37-7-2)19(3)31-30(32)39-25/h10-15,17-18,27H,6-9,16H2,1-5H3/b25-18+/t27-/m1/s1. The van der Waals surface area contributed by atoms with Crippen molar-refractivity contribution >= 4 is 23.4 Å². The number of nitrogens with zero attached hydrogens (tertiary/aromatic N) is 2. The van der Waals surface area contributed by atoms with Gasteiger partial charge in [0, 0.05) is 0 Å². The second kappa shape index (κ2) is 12.8. The third-order valence-electron chi connectivity index (χ3n) is 6.44. The highest BCUT2D eigenvalue weighted by molar-refractivity contribution is 7.07. The second-order valence-corrected chi connectivity index (χ2v) is 10.1. The number of methoxy groups -OCH3 is 2. The Morgan fingerprint density at radius 1 is 1.05 bits per heavy atom. The predicted octanol–water partition coefficient (Wildman–Crippen LogP) is 4.38. The molecule has 0 saturated heterocycles. The second-order valence-electron chi connectivity index (χ2n) is 9.04. The molecule has 9 heteroatoms. The van der Waals surface area contributed by atoms with Crippen molar-refractivity contribution in [1.29, 1.82) is 0 Å². The Balaban J connectivity index is 1.79. The number of thiazole rings is 1. The third-order valence-corrected chi connectivity index (χ3v) is 7.42. The Bertz CT molecular complexity index is 1530. The molecular formula is C30H34N2O6S. The Hall–Kier alpha value is -3.85. The summed E-state index contributed by atoms with van der Waals surface area (Å²) in [4.78, 5) is 32.0. The number of rotatable bonds is 11. The molecule has 0 bridgehead atoms. The van der Waals surface area contributed by atoms with Gasteiger partial charge in [-0.05, 0) is 61.7 Å². The third kappa shape index (κ3) is 6.09. The summed E-state index contributed by atoms with van der Waals surface area (Å²) >= 11 is 1.28. The SMILES string of the molecule is CCCCCOc1ccc(/C=c2/sc3n(c2=O)[C@H](c2ccc(OC)cc2)C(C(=O)OCC)=C(C)N=3)cc1OC. The van der Waals surface area contributed by atoms with Gasteiger partial charge in [0.2, 0.25) is 0 Å². The number of esters is 1. The van der Waals surface area contributed by atoms with E-state index in [1.54, 1.807) is 32.6 Å². The van der Waals surface area contributed by atoms with Crippen LogP contribution in [0.25, 0.3) is 6.08 Å². The van der Waals surface area contributed by atoms with Crippen molar-refractivity contribution < 1.29 is 23.7 Å². The average molecular weight is 551 g/mol. The molecule has 3 aromatic rings. The molecule has 1 atom stereocenters. The summed E-state index contributed by atoms with van der Waals surface area (Å²) in [5.74, 6) is 1.45. The maximum absolute atomic E-state index is 13.8. The summed E-state index contributed by atoms with van der Waals surface area (Å²) in [6, 6.07) is 12.2. The van der Waals surface area contributed by atoms with Gasteiger partial charge in [0.1, 0.15) is 5.75 Å². The highest BCUT2D eigenvalue weighted by atomic mass is 32.1.